The molecule has 0 spiro atoms. The van der Waals surface area contributed by atoms with Gasteiger partial charge in [0, 0.05) is 17.7 Å². The first kappa shape index (κ1) is 21.9. The maximum absolute atomic E-state index is 9.10. The van der Waals surface area contributed by atoms with Crippen LogP contribution in [0.2, 0.25) is 0 Å². The summed E-state index contributed by atoms with van der Waals surface area (Å²) < 4.78 is 0. The molecule has 25 heavy (non-hydrogen) atoms. The molecule has 3 rings (SSSR count). The van der Waals surface area contributed by atoms with E-state index in [0.29, 0.717) is 0 Å². The summed E-state index contributed by atoms with van der Waals surface area (Å²) in [5, 5.41) is 9.10. The van der Waals surface area contributed by atoms with Crippen molar-refractivity contribution in [2.24, 2.45) is 0 Å². The third-order valence-electron chi connectivity index (χ3n) is 5.60. The van der Waals surface area contributed by atoms with Gasteiger partial charge in [-0.15, -0.1) is 5.73 Å². The van der Waals surface area contributed by atoms with Gasteiger partial charge in [0.05, 0.1) is 6.10 Å². The summed E-state index contributed by atoms with van der Waals surface area (Å²) in [6.07, 6.45) is 23.6. The molecule has 3 aliphatic carbocycles. The Hall–Kier alpha value is -1.12. The van der Waals surface area contributed by atoms with Gasteiger partial charge < -0.3 is 15.5 Å². The minimum atomic E-state index is -0.424. The largest absolute Gasteiger partial charge is 0.412 e. The molecule has 0 saturated heterocycles. The predicted octanol–water partition coefficient (Wildman–Crippen LogP) is 4.33. The molecule has 0 aliphatic heterocycles. The van der Waals surface area contributed by atoms with E-state index in [1.165, 1.54) is 64.2 Å². The van der Waals surface area contributed by atoms with Gasteiger partial charge in [0.2, 0.25) is 0 Å². The smallest absolute Gasteiger partial charge is 0.0833 e. The Labute approximate surface area is 154 Å². The van der Waals surface area contributed by atoms with Gasteiger partial charge in [-0.1, -0.05) is 56.8 Å². The fourth-order valence-electron chi connectivity index (χ4n) is 4.01. The van der Waals surface area contributed by atoms with Gasteiger partial charge in [-0.3, -0.25) is 0 Å². The molecule has 3 heteroatoms. The summed E-state index contributed by atoms with van der Waals surface area (Å²) in [6, 6.07) is 1.85. The lowest BCUT2D eigenvalue weighted by Gasteiger charge is -2.39. The number of aliphatic hydroxyl groups is 1. The van der Waals surface area contributed by atoms with Crippen molar-refractivity contribution in [3.63, 3.8) is 0 Å². The zero-order chi connectivity index (χ0) is 17.2. The Balaban J connectivity index is 0.000000254. The van der Waals surface area contributed by atoms with Crippen molar-refractivity contribution < 1.29 is 10.6 Å². The molecule has 2 fully saturated rings. The highest BCUT2D eigenvalue weighted by molar-refractivity contribution is 5.29. The zero-order valence-corrected chi connectivity index (χ0v) is 16.1. The molecule has 0 bridgehead atoms. The Morgan fingerprint density at radius 3 is 1.92 bits per heavy atom. The topological polar surface area (TPSA) is 55.0 Å². The first-order valence-electron chi connectivity index (χ1n) is 9.88. The van der Waals surface area contributed by atoms with Crippen LogP contribution in [-0.2, 0) is 0 Å². The molecule has 0 aromatic rings. The van der Waals surface area contributed by atoms with Gasteiger partial charge in [-0.25, -0.2) is 0 Å². The van der Waals surface area contributed by atoms with Crippen LogP contribution < -0.4 is 0 Å². The van der Waals surface area contributed by atoms with Crippen LogP contribution in [0.25, 0.3) is 0 Å². The van der Waals surface area contributed by atoms with Crippen molar-refractivity contribution in [3.8, 4) is 0 Å². The normalized spacial score (nSPS) is 22.5. The lowest BCUT2D eigenvalue weighted by Crippen LogP contribution is -2.42. The Kier molecular flexibility index (Phi) is 10.8. The van der Waals surface area contributed by atoms with Gasteiger partial charge in [-0.2, -0.15) is 0 Å². The van der Waals surface area contributed by atoms with Crippen LogP contribution in [0.4, 0.5) is 0 Å². The fourth-order valence-corrected chi connectivity index (χ4v) is 4.01. The van der Waals surface area contributed by atoms with E-state index in [1.54, 1.807) is 13.0 Å². The highest BCUT2D eigenvalue weighted by Crippen LogP contribution is 2.28. The maximum Gasteiger partial charge on any atom is 0.0833 e. The molecule has 0 radical (unpaired) electrons. The third kappa shape index (κ3) is 7.75. The lowest BCUT2D eigenvalue weighted by molar-refractivity contribution is 0.111. The SMILES string of the molecule is CC(O)C1=C=CC=CC=C1.CN(C1CCCCC1)C1CCCCC1.O. The molecule has 0 aromatic heterocycles. The van der Waals surface area contributed by atoms with E-state index in [4.69, 9.17) is 5.11 Å². The van der Waals surface area contributed by atoms with Gasteiger partial charge >= 0.3 is 0 Å². The van der Waals surface area contributed by atoms with E-state index in [-0.39, 0.29) is 5.48 Å². The molecule has 3 N–H and O–H groups in total. The molecule has 1 atom stereocenters. The second-order valence-corrected chi connectivity index (χ2v) is 7.44. The zero-order valence-electron chi connectivity index (χ0n) is 16.1. The Morgan fingerprint density at radius 1 is 0.920 bits per heavy atom. The van der Waals surface area contributed by atoms with E-state index in [2.05, 4.69) is 17.7 Å². The fraction of sp³-hybridized carbons (Fsp3) is 0.682. The number of nitrogens with zero attached hydrogens (tertiary/aromatic N) is 1. The predicted molar refractivity (Wildman–Crippen MR) is 107 cm³/mol. The van der Waals surface area contributed by atoms with Gasteiger partial charge in [0.25, 0.3) is 0 Å². The third-order valence-corrected chi connectivity index (χ3v) is 5.60. The van der Waals surface area contributed by atoms with E-state index < -0.39 is 6.10 Å². The van der Waals surface area contributed by atoms with Crippen molar-refractivity contribution in [2.45, 2.75) is 89.3 Å². The number of allylic oxidation sites excluding steroid dienone is 3. The van der Waals surface area contributed by atoms with E-state index in [9.17, 15) is 0 Å². The average molecular weight is 348 g/mol. The molecule has 0 amide bonds. The summed E-state index contributed by atoms with van der Waals surface area (Å²) in [6.45, 7) is 1.73. The molecule has 2 saturated carbocycles. The van der Waals surface area contributed by atoms with Gasteiger partial charge in [-0.05, 0) is 51.8 Å². The molecule has 1 unspecified atom stereocenters. The van der Waals surface area contributed by atoms with Gasteiger partial charge in [0.1, 0.15) is 0 Å². The van der Waals surface area contributed by atoms with Crippen LogP contribution in [-0.4, -0.2) is 40.7 Å². The van der Waals surface area contributed by atoms with Crippen LogP contribution in [0.5, 0.6) is 0 Å². The molecular weight excluding hydrogens is 310 g/mol. The van der Waals surface area contributed by atoms with Crippen LogP contribution in [0.1, 0.15) is 71.1 Å². The minimum Gasteiger partial charge on any atom is -0.412 e. The maximum atomic E-state index is 9.10. The van der Waals surface area contributed by atoms with E-state index in [0.717, 1.165) is 17.7 Å². The number of aliphatic hydroxyl groups excluding tert-OH is 1. The van der Waals surface area contributed by atoms with Crippen LogP contribution >= 0.6 is 0 Å². The second-order valence-electron chi connectivity index (χ2n) is 7.44. The minimum absolute atomic E-state index is 0. The monoisotopic (exact) mass is 347 g/mol. The lowest BCUT2D eigenvalue weighted by atomic mass is 9.89. The average Bonchev–Trinajstić information content (AvgIpc) is 2.93. The van der Waals surface area contributed by atoms with Crippen LogP contribution in [0.3, 0.4) is 0 Å². The summed E-state index contributed by atoms with van der Waals surface area (Å²) in [4.78, 5) is 2.72. The molecular formula is C22H37NO2. The number of rotatable bonds is 3. The quantitative estimate of drug-likeness (QED) is 0.772. The molecule has 0 aromatic carbocycles. The number of hydrogen-bond acceptors (Lipinski definition) is 2. The highest BCUT2D eigenvalue weighted by atomic mass is 16.3. The molecule has 3 aliphatic rings. The molecule has 3 nitrogen and oxygen atoms in total. The second kappa shape index (κ2) is 12.3. The van der Waals surface area contributed by atoms with Crippen molar-refractivity contribution >= 4 is 0 Å². The Bertz CT molecular complexity index is 456. The van der Waals surface area contributed by atoms with E-state index in [1.807, 2.05) is 24.3 Å². The van der Waals surface area contributed by atoms with Crippen LogP contribution in [0.15, 0.2) is 41.7 Å². The summed E-state index contributed by atoms with van der Waals surface area (Å²) >= 11 is 0. The Morgan fingerprint density at radius 2 is 1.44 bits per heavy atom. The van der Waals surface area contributed by atoms with Crippen LogP contribution in [0, 0.1) is 0 Å². The summed E-state index contributed by atoms with van der Waals surface area (Å²) in [7, 11) is 2.38. The van der Waals surface area contributed by atoms with Gasteiger partial charge in [0.15, 0.2) is 0 Å². The summed E-state index contributed by atoms with van der Waals surface area (Å²) in [5.41, 5.74) is 3.77. The first-order chi connectivity index (χ1) is 11.7. The van der Waals surface area contributed by atoms with Crippen molar-refractivity contribution in [1.82, 2.24) is 4.90 Å². The molecule has 142 valence electrons. The van der Waals surface area contributed by atoms with Crippen molar-refractivity contribution in [1.29, 1.82) is 0 Å². The van der Waals surface area contributed by atoms with Crippen molar-refractivity contribution in [3.05, 3.63) is 41.7 Å². The highest BCUT2D eigenvalue weighted by Gasteiger charge is 2.25. The number of hydrogen-bond donors (Lipinski definition) is 1. The van der Waals surface area contributed by atoms with E-state index >= 15 is 0 Å². The first-order valence-corrected chi connectivity index (χ1v) is 9.88. The standard InChI is InChI=1S/C13H25N.C9H10O.H2O/c1-14(12-8-4-2-5-9-12)13-10-6-3-7-11-13;1-8(10)9-6-4-2-3-5-7-9;/h12-13H,2-11H2,1H3;2-6,8,10H,1H3;1H2. The molecule has 0 heterocycles. The summed E-state index contributed by atoms with van der Waals surface area (Å²) in [5.74, 6) is 0. The van der Waals surface area contributed by atoms with Crippen molar-refractivity contribution in [2.75, 3.05) is 7.05 Å².